The molecule has 6 heteroatoms. The molecule has 0 unspecified atom stereocenters. The molecule has 1 aromatic rings. The first-order valence-electron chi connectivity index (χ1n) is 6.79. The molecule has 116 valence electrons. The topological polar surface area (TPSA) is 78.9 Å². The summed E-state index contributed by atoms with van der Waals surface area (Å²) in [6, 6.07) is 4.76. The van der Waals surface area contributed by atoms with Crippen molar-refractivity contribution in [2.24, 2.45) is 0 Å². The van der Waals surface area contributed by atoms with E-state index in [-0.39, 0.29) is 18.9 Å². The second-order valence-electron chi connectivity index (χ2n) is 4.39. The second kappa shape index (κ2) is 8.14. The number of nitrogens with zero attached hydrogens (tertiary/aromatic N) is 1. The maximum Gasteiger partial charge on any atom is 0.260 e. The van der Waals surface area contributed by atoms with E-state index in [1.807, 2.05) is 13.8 Å². The van der Waals surface area contributed by atoms with Crippen molar-refractivity contribution in [3.05, 3.63) is 23.8 Å². The van der Waals surface area contributed by atoms with Gasteiger partial charge in [-0.05, 0) is 31.5 Å². The number of carboxylic acids is 1. The number of rotatable bonds is 8. The summed E-state index contributed by atoms with van der Waals surface area (Å²) < 4.78 is 10.6. The third-order valence-corrected chi connectivity index (χ3v) is 3.04. The number of ether oxygens (including phenoxy) is 2. The molecule has 0 aromatic heterocycles. The van der Waals surface area contributed by atoms with Crippen LogP contribution in [0.5, 0.6) is 11.5 Å². The number of likely N-dealkylation sites (N-methyl/N-ethyl adjacent to an activating group) is 1. The number of amides is 1. The van der Waals surface area contributed by atoms with Gasteiger partial charge in [0.25, 0.3) is 5.91 Å². The van der Waals surface area contributed by atoms with Crippen molar-refractivity contribution in [2.45, 2.75) is 20.3 Å². The third-order valence-electron chi connectivity index (χ3n) is 3.04. The smallest absolute Gasteiger partial charge is 0.260 e. The zero-order valence-electron chi connectivity index (χ0n) is 12.5. The van der Waals surface area contributed by atoms with Gasteiger partial charge in [-0.2, -0.15) is 0 Å². The van der Waals surface area contributed by atoms with Gasteiger partial charge in [-0.15, -0.1) is 0 Å². The van der Waals surface area contributed by atoms with Crippen LogP contribution in [0.25, 0.3) is 0 Å². The van der Waals surface area contributed by atoms with Crippen molar-refractivity contribution in [2.75, 3.05) is 26.8 Å². The molecule has 1 amide bonds. The van der Waals surface area contributed by atoms with Crippen LogP contribution in [0.2, 0.25) is 0 Å². The van der Waals surface area contributed by atoms with E-state index >= 15 is 0 Å². The zero-order chi connectivity index (χ0) is 15.8. The van der Waals surface area contributed by atoms with Crippen molar-refractivity contribution in [1.82, 2.24) is 4.90 Å². The van der Waals surface area contributed by atoms with Gasteiger partial charge in [0.2, 0.25) is 0 Å². The lowest BCUT2D eigenvalue weighted by molar-refractivity contribution is -0.304. The number of carbonyl (C=O) groups excluding carboxylic acids is 2. The van der Waals surface area contributed by atoms with Crippen LogP contribution in [0.15, 0.2) is 18.2 Å². The Balaban J connectivity index is 2.75. The van der Waals surface area contributed by atoms with E-state index < -0.39 is 5.97 Å². The first-order valence-corrected chi connectivity index (χ1v) is 6.79. The number of benzene rings is 1. The molecule has 0 N–H and O–H groups in total. The summed E-state index contributed by atoms with van der Waals surface area (Å²) in [6.45, 7) is 4.96. The zero-order valence-corrected chi connectivity index (χ0v) is 12.5. The van der Waals surface area contributed by atoms with E-state index in [0.717, 1.165) is 0 Å². The first-order chi connectivity index (χ1) is 10.0. The number of methoxy groups -OCH3 is 1. The highest BCUT2D eigenvalue weighted by Crippen LogP contribution is 2.28. The summed E-state index contributed by atoms with van der Waals surface area (Å²) in [6.07, 6.45) is -0.199. The lowest BCUT2D eigenvalue weighted by Crippen LogP contribution is -2.34. The maximum atomic E-state index is 11.9. The third kappa shape index (κ3) is 4.98. The van der Waals surface area contributed by atoms with Crippen LogP contribution in [0.1, 0.15) is 19.4 Å². The summed E-state index contributed by atoms with van der Waals surface area (Å²) in [5.74, 6) is -0.482. The normalized spacial score (nSPS) is 10.0. The Bertz CT molecular complexity index is 497. The SMILES string of the molecule is CCN(CC)C(=O)COc1ccc(CC(=O)[O-])cc1OC. The van der Waals surface area contributed by atoms with E-state index in [9.17, 15) is 14.7 Å². The molecule has 0 aliphatic carbocycles. The minimum atomic E-state index is -1.16. The van der Waals surface area contributed by atoms with E-state index in [1.54, 1.807) is 23.1 Å². The molecule has 0 atom stereocenters. The minimum Gasteiger partial charge on any atom is -0.550 e. The Morgan fingerprint density at radius 1 is 1.19 bits per heavy atom. The largest absolute Gasteiger partial charge is 0.550 e. The molecule has 0 saturated carbocycles. The molecule has 0 bridgehead atoms. The summed E-state index contributed by atoms with van der Waals surface area (Å²) in [5.41, 5.74) is 0.550. The number of carboxylic acid groups (broad SMARTS) is 1. The van der Waals surface area contributed by atoms with Crippen LogP contribution in [-0.2, 0) is 16.0 Å². The Morgan fingerprint density at radius 2 is 1.86 bits per heavy atom. The van der Waals surface area contributed by atoms with E-state index in [4.69, 9.17) is 9.47 Å². The van der Waals surface area contributed by atoms with Crippen LogP contribution in [0, 0.1) is 0 Å². The molecule has 21 heavy (non-hydrogen) atoms. The number of hydrogen-bond donors (Lipinski definition) is 0. The van der Waals surface area contributed by atoms with Gasteiger partial charge in [0.1, 0.15) is 0 Å². The second-order valence-corrected chi connectivity index (χ2v) is 4.39. The highest BCUT2D eigenvalue weighted by Gasteiger charge is 2.12. The fourth-order valence-electron chi connectivity index (χ4n) is 1.91. The van der Waals surface area contributed by atoms with Gasteiger partial charge >= 0.3 is 0 Å². The molecule has 0 radical (unpaired) electrons. The highest BCUT2D eigenvalue weighted by molar-refractivity contribution is 5.77. The van der Waals surface area contributed by atoms with Gasteiger partial charge in [0, 0.05) is 25.5 Å². The summed E-state index contributed by atoms with van der Waals surface area (Å²) in [4.78, 5) is 24.1. The maximum absolute atomic E-state index is 11.9. The van der Waals surface area contributed by atoms with Crippen molar-refractivity contribution < 1.29 is 24.2 Å². The Kier molecular flexibility index (Phi) is 6.52. The van der Waals surface area contributed by atoms with Crippen LogP contribution in [0.4, 0.5) is 0 Å². The highest BCUT2D eigenvalue weighted by atomic mass is 16.5. The molecule has 0 aliphatic rings. The fourth-order valence-corrected chi connectivity index (χ4v) is 1.91. The average molecular weight is 294 g/mol. The molecule has 0 fully saturated rings. The minimum absolute atomic E-state index is 0.0854. The lowest BCUT2D eigenvalue weighted by atomic mass is 10.1. The molecular formula is C15H20NO5-. The number of carbonyl (C=O) groups is 2. The molecular weight excluding hydrogens is 274 g/mol. The van der Waals surface area contributed by atoms with E-state index in [1.165, 1.54) is 7.11 Å². The Labute approximate surface area is 124 Å². The Morgan fingerprint density at radius 3 is 2.38 bits per heavy atom. The molecule has 6 nitrogen and oxygen atoms in total. The van der Waals surface area contributed by atoms with Crippen molar-refractivity contribution >= 4 is 11.9 Å². The van der Waals surface area contributed by atoms with Gasteiger partial charge in [0.05, 0.1) is 7.11 Å². The van der Waals surface area contributed by atoms with Gasteiger partial charge < -0.3 is 24.3 Å². The summed E-state index contributed by atoms with van der Waals surface area (Å²) >= 11 is 0. The average Bonchev–Trinajstić information content (AvgIpc) is 2.46. The van der Waals surface area contributed by atoms with Gasteiger partial charge in [-0.25, -0.2) is 0 Å². The van der Waals surface area contributed by atoms with Crippen LogP contribution in [-0.4, -0.2) is 43.6 Å². The number of aliphatic carboxylic acids is 1. The van der Waals surface area contributed by atoms with Crippen molar-refractivity contribution in [3.63, 3.8) is 0 Å². The van der Waals surface area contributed by atoms with Gasteiger partial charge in [-0.3, -0.25) is 4.79 Å². The first kappa shape index (κ1) is 16.8. The number of hydrogen-bond acceptors (Lipinski definition) is 5. The molecule has 0 aliphatic heterocycles. The molecule has 0 spiro atoms. The van der Waals surface area contributed by atoms with Crippen LogP contribution >= 0.6 is 0 Å². The lowest BCUT2D eigenvalue weighted by Gasteiger charge is -2.19. The van der Waals surface area contributed by atoms with E-state index in [2.05, 4.69) is 0 Å². The van der Waals surface area contributed by atoms with Crippen molar-refractivity contribution in [1.29, 1.82) is 0 Å². The summed E-state index contributed by atoms with van der Waals surface area (Å²) in [5, 5.41) is 10.6. The summed E-state index contributed by atoms with van der Waals surface area (Å²) in [7, 11) is 1.46. The monoisotopic (exact) mass is 294 g/mol. The standard InChI is InChI=1S/C15H21NO5/c1-4-16(5-2)14(17)10-21-12-7-6-11(9-15(18)19)8-13(12)20-3/h6-8H,4-5,9-10H2,1-3H3,(H,18,19)/p-1. The van der Waals surface area contributed by atoms with Crippen LogP contribution < -0.4 is 14.6 Å². The van der Waals surface area contributed by atoms with Crippen LogP contribution in [0.3, 0.4) is 0 Å². The van der Waals surface area contributed by atoms with Gasteiger partial charge in [-0.1, -0.05) is 6.07 Å². The molecule has 1 rings (SSSR count). The predicted molar refractivity (Wildman–Crippen MR) is 75.1 cm³/mol. The molecule has 0 saturated heterocycles. The van der Waals surface area contributed by atoms with E-state index in [0.29, 0.717) is 30.2 Å². The van der Waals surface area contributed by atoms with Crippen molar-refractivity contribution in [3.8, 4) is 11.5 Å². The fraction of sp³-hybridized carbons (Fsp3) is 0.467. The molecule has 0 heterocycles. The molecule has 1 aromatic carbocycles. The predicted octanol–water partition coefficient (Wildman–Crippen LogP) is 0.235. The Hall–Kier alpha value is -2.24. The van der Waals surface area contributed by atoms with Gasteiger partial charge in [0.15, 0.2) is 18.1 Å². The quantitative estimate of drug-likeness (QED) is 0.686.